The van der Waals surface area contributed by atoms with E-state index in [-0.39, 0.29) is 6.42 Å². The highest BCUT2D eigenvalue weighted by molar-refractivity contribution is 5.74. The van der Waals surface area contributed by atoms with Crippen LogP contribution in [0.15, 0.2) is 0 Å². The molecule has 0 aromatic rings. The number of carboxylic acids is 1. The van der Waals surface area contributed by atoms with Crippen molar-refractivity contribution in [3.05, 3.63) is 0 Å². The van der Waals surface area contributed by atoms with Crippen LogP contribution in [0.5, 0.6) is 0 Å². The van der Waals surface area contributed by atoms with E-state index in [0.717, 1.165) is 6.92 Å². The van der Waals surface area contributed by atoms with Crippen LogP contribution in [0.3, 0.4) is 0 Å². The lowest BCUT2D eigenvalue weighted by atomic mass is 10.2. The van der Waals surface area contributed by atoms with Crippen molar-refractivity contribution in [1.29, 1.82) is 0 Å². The van der Waals surface area contributed by atoms with Gasteiger partial charge in [0.2, 0.25) is 0 Å². The minimum absolute atomic E-state index is 0.248. The van der Waals surface area contributed by atoms with Gasteiger partial charge in [0.25, 0.3) is 0 Å². The normalized spacial score (nSPS) is 11.6. The van der Waals surface area contributed by atoms with Crippen LogP contribution >= 0.6 is 0 Å². The second-order valence-electron chi connectivity index (χ2n) is 2.61. The van der Waals surface area contributed by atoms with E-state index in [4.69, 9.17) is 5.11 Å². The largest absolute Gasteiger partial charge is 0.481 e. The van der Waals surface area contributed by atoms with E-state index in [1.807, 2.05) is 0 Å². The minimum Gasteiger partial charge on any atom is -0.481 e. The molecule has 1 atom stereocenters. The van der Waals surface area contributed by atoms with Crippen molar-refractivity contribution < 1.29 is 29.0 Å². The Bertz CT molecular complexity index is 218. The van der Waals surface area contributed by atoms with Crippen molar-refractivity contribution >= 4 is 17.9 Å². The van der Waals surface area contributed by atoms with Gasteiger partial charge in [-0.05, 0) is 0 Å². The zero-order chi connectivity index (χ0) is 11.1. The van der Waals surface area contributed by atoms with Gasteiger partial charge < -0.3 is 14.6 Å². The number of ether oxygens (including phenoxy) is 2. The predicted octanol–water partition coefficient (Wildman–Crippen LogP) is -0.0441. The van der Waals surface area contributed by atoms with E-state index in [0.29, 0.717) is 0 Å². The van der Waals surface area contributed by atoms with E-state index in [2.05, 4.69) is 9.47 Å². The average molecular weight is 204 g/mol. The molecule has 0 saturated heterocycles. The third-order valence-corrected chi connectivity index (χ3v) is 1.36. The van der Waals surface area contributed by atoms with Crippen LogP contribution in [-0.2, 0) is 23.9 Å². The molecule has 0 saturated carbocycles. The second kappa shape index (κ2) is 5.95. The van der Waals surface area contributed by atoms with Gasteiger partial charge in [-0.25, -0.2) is 0 Å². The van der Waals surface area contributed by atoms with E-state index in [1.165, 1.54) is 7.11 Å². The second-order valence-corrected chi connectivity index (χ2v) is 2.61. The fraction of sp³-hybridized carbons (Fsp3) is 0.625. The van der Waals surface area contributed by atoms with Gasteiger partial charge in [-0.15, -0.1) is 0 Å². The average Bonchev–Trinajstić information content (AvgIpc) is 2.01. The van der Waals surface area contributed by atoms with Gasteiger partial charge in [0, 0.05) is 6.92 Å². The van der Waals surface area contributed by atoms with Gasteiger partial charge in [0.1, 0.15) is 6.10 Å². The molecule has 0 aliphatic heterocycles. The lowest BCUT2D eigenvalue weighted by Gasteiger charge is -2.13. The van der Waals surface area contributed by atoms with Crippen molar-refractivity contribution in [2.24, 2.45) is 0 Å². The van der Waals surface area contributed by atoms with Gasteiger partial charge in [-0.1, -0.05) is 0 Å². The van der Waals surface area contributed by atoms with E-state index in [1.54, 1.807) is 0 Å². The molecule has 14 heavy (non-hydrogen) atoms. The highest BCUT2D eigenvalue weighted by Crippen LogP contribution is 2.05. The third-order valence-electron chi connectivity index (χ3n) is 1.36. The minimum atomic E-state index is -1.14. The first-order valence-corrected chi connectivity index (χ1v) is 3.91. The van der Waals surface area contributed by atoms with Crippen molar-refractivity contribution in [1.82, 2.24) is 0 Å². The molecule has 0 aliphatic carbocycles. The number of carbonyl (C=O) groups is 3. The monoisotopic (exact) mass is 204 g/mol. The number of hydrogen-bond acceptors (Lipinski definition) is 5. The molecule has 0 aromatic carbocycles. The maximum absolute atomic E-state index is 10.8. The summed E-state index contributed by atoms with van der Waals surface area (Å²) in [6.07, 6.45) is -1.62. The summed E-state index contributed by atoms with van der Waals surface area (Å²) in [5, 5.41) is 8.44. The van der Waals surface area contributed by atoms with E-state index in [9.17, 15) is 14.4 Å². The molecule has 0 radical (unpaired) electrons. The molecule has 0 bridgehead atoms. The molecule has 0 heterocycles. The zero-order valence-electron chi connectivity index (χ0n) is 7.98. The molecule has 6 heteroatoms. The van der Waals surface area contributed by atoms with Gasteiger partial charge in [0.05, 0.1) is 20.0 Å². The van der Waals surface area contributed by atoms with Crippen LogP contribution < -0.4 is 0 Å². The van der Waals surface area contributed by atoms with E-state index < -0.39 is 30.4 Å². The molecule has 0 fully saturated rings. The van der Waals surface area contributed by atoms with Crippen molar-refractivity contribution in [3.8, 4) is 0 Å². The molecule has 0 spiro atoms. The van der Waals surface area contributed by atoms with Crippen molar-refractivity contribution in [3.63, 3.8) is 0 Å². The summed E-state index contributed by atoms with van der Waals surface area (Å²) in [5.74, 6) is -2.38. The van der Waals surface area contributed by atoms with Gasteiger partial charge in [0.15, 0.2) is 0 Å². The number of hydrogen-bond donors (Lipinski definition) is 1. The Morgan fingerprint density at radius 3 is 2.21 bits per heavy atom. The molecule has 1 N–H and O–H groups in total. The topological polar surface area (TPSA) is 89.9 Å². The highest BCUT2D eigenvalue weighted by atomic mass is 16.6. The van der Waals surface area contributed by atoms with Crippen molar-refractivity contribution in [2.75, 3.05) is 7.11 Å². The Kier molecular flexibility index (Phi) is 5.28. The summed E-state index contributed by atoms with van der Waals surface area (Å²) in [4.78, 5) is 31.6. The smallest absolute Gasteiger partial charge is 0.309 e. The Balaban J connectivity index is 4.16. The number of rotatable bonds is 5. The Labute approximate surface area is 80.8 Å². The van der Waals surface area contributed by atoms with Crippen LogP contribution in [0.4, 0.5) is 0 Å². The number of methoxy groups -OCH3 is 1. The summed E-state index contributed by atoms with van der Waals surface area (Å²) >= 11 is 0. The predicted molar refractivity (Wildman–Crippen MR) is 44.4 cm³/mol. The standard InChI is InChI=1S/C8H12O6/c1-5(9)14-6(3-7(10)11)4-8(12)13-2/h6H,3-4H2,1-2H3,(H,10,11)/t6-/m0/s1. The molecular weight excluding hydrogens is 192 g/mol. The highest BCUT2D eigenvalue weighted by Gasteiger charge is 2.20. The molecule has 80 valence electrons. The Morgan fingerprint density at radius 2 is 1.86 bits per heavy atom. The zero-order valence-corrected chi connectivity index (χ0v) is 7.98. The molecule has 0 aliphatic rings. The maximum atomic E-state index is 10.8. The number of aliphatic carboxylic acids is 1. The third kappa shape index (κ3) is 5.99. The van der Waals surface area contributed by atoms with Gasteiger partial charge >= 0.3 is 17.9 Å². The molecule has 0 amide bonds. The molecule has 6 nitrogen and oxygen atoms in total. The Hall–Kier alpha value is -1.59. The first-order valence-electron chi connectivity index (χ1n) is 3.91. The lowest BCUT2D eigenvalue weighted by Crippen LogP contribution is -2.24. The van der Waals surface area contributed by atoms with Gasteiger partial charge in [-0.2, -0.15) is 0 Å². The number of carboxylic acid groups (broad SMARTS) is 1. The Morgan fingerprint density at radius 1 is 1.29 bits per heavy atom. The number of esters is 2. The van der Waals surface area contributed by atoms with Crippen LogP contribution in [-0.4, -0.2) is 36.2 Å². The van der Waals surface area contributed by atoms with Crippen LogP contribution in [0.25, 0.3) is 0 Å². The lowest BCUT2D eigenvalue weighted by molar-refractivity contribution is -0.155. The molecule has 0 aromatic heterocycles. The fourth-order valence-electron chi connectivity index (χ4n) is 0.854. The summed E-state index contributed by atoms with van der Waals surface area (Å²) in [6, 6.07) is 0. The molecule has 0 unspecified atom stereocenters. The van der Waals surface area contributed by atoms with E-state index >= 15 is 0 Å². The van der Waals surface area contributed by atoms with Gasteiger partial charge in [-0.3, -0.25) is 14.4 Å². The molecule has 0 rings (SSSR count). The maximum Gasteiger partial charge on any atom is 0.309 e. The number of carbonyl (C=O) groups excluding carboxylic acids is 2. The SMILES string of the molecule is COC(=O)C[C@H](CC(=O)O)OC(C)=O. The summed E-state index contributed by atoms with van der Waals surface area (Å²) in [5.41, 5.74) is 0. The first-order chi connectivity index (χ1) is 6.45. The van der Waals surface area contributed by atoms with Crippen LogP contribution in [0, 0.1) is 0 Å². The van der Waals surface area contributed by atoms with Crippen LogP contribution in [0.2, 0.25) is 0 Å². The quantitative estimate of drug-likeness (QED) is 0.632. The summed E-state index contributed by atoms with van der Waals surface area (Å²) in [6.45, 7) is 1.14. The summed E-state index contributed by atoms with van der Waals surface area (Å²) < 4.78 is 8.93. The fourth-order valence-corrected chi connectivity index (χ4v) is 0.854. The molecular formula is C8H12O6. The van der Waals surface area contributed by atoms with Crippen molar-refractivity contribution in [2.45, 2.75) is 25.9 Å². The first kappa shape index (κ1) is 12.4. The van der Waals surface area contributed by atoms with Crippen LogP contribution in [0.1, 0.15) is 19.8 Å². The summed E-state index contributed by atoms with van der Waals surface area (Å²) in [7, 11) is 1.17.